The first-order chi connectivity index (χ1) is 15.5. The van der Waals surface area contributed by atoms with E-state index < -0.39 is 41.4 Å². The van der Waals surface area contributed by atoms with Crippen molar-refractivity contribution in [1.29, 1.82) is 0 Å². The van der Waals surface area contributed by atoms with Crippen molar-refractivity contribution in [3.63, 3.8) is 0 Å². The van der Waals surface area contributed by atoms with Crippen LogP contribution in [0.4, 0.5) is 11.6 Å². The van der Waals surface area contributed by atoms with E-state index in [4.69, 9.17) is 23.4 Å². The Morgan fingerprint density at radius 1 is 1.24 bits per heavy atom. The summed E-state index contributed by atoms with van der Waals surface area (Å²) in [6, 6.07) is 0. The summed E-state index contributed by atoms with van der Waals surface area (Å²) in [5.41, 5.74) is 1.52. The number of nitrogens with zero attached hydrogens (tertiary/aromatic N) is 7. The number of ether oxygens (including phenoxy) is 1. The van der Waals surface area contributed by atoms with Gasteiger partial charge in [0.15, 0.2) is 23.6 Å². The number of aliphatic hydroxyl groups is 3. The molecule has 15 nitrogen and oxygen atoms in total. The van der Waals surface area contributed by atoms with Crippen molar-refractivity contribution in [2.75, 3.05) is 6.61 Å². The molecule has 5 rings (SSSR count). The molecule has 178 valence electrons. The smallest absolute Gasteiger partial charge is 0.297 e. The lowest BCUT2D eigenvalue weighted by atomic mass is 10.1. The summed E-state index contributed by atoms with van der Waals surface area (Å²) in [5, 5.41) is 29.7. The van der Waals surface area contributed by atoms with Crippen LogP contribution in [-0.4, -0.2) is 71.8 Å². The molecule has 0 amide bonds. The molecule has 2 aromatic heterocycles. The van der Waals surface area contributed by atoms with Gasteiger partial charge in [-0.25, -0.2) is 33.2 Å². The third-order valence-corrected chi connectivity index (χ3v) is 5.33. The number of imidazole rings is 1. The normalized spacial score (nSPS) is 25.6. The van der Waals surface area contributed by atoms with Crippen molar-refractivity contribution in [3.8, 4) is 0 Å². The third kappa shape index (κ3) is 4.58. The molecule has 0 aliphatic carbocycles. The van der Waals surface area contributed by atoms with Gasteiger partial charge >= 0.3 is 0 Å². The van der Waals surface area contributed by atoms with Crippen LogP contribution in [0.25, 0.3) is 0 Å². The Kier molecular flexibility index (Phi) is 6.16. The minimum atomic E-state index is -4.94. The highest BCUT2D eigenvalue weighted by atomic mass is 35.7. The van der Waals surface area contributed by atoms with Crippen molar-refractivity contribution < 1.29 is 53.5 Å². The monoisotopic (exact) mass is 485 g/mol. The fraction of sp³-hybridized carbons (Fsp3) is 0.471. The molecule has 33 heavy (non-hydrogen) atoms. The highest BCUT2D eigenvalue weighted by Gasteiger charge is 2.45. The fourth-order valence-corrected chi connectivity index (χ4v) is 3.67. The van der Waals surface area contributed by atoms with Crippen LogP contribution in [0.3, 0.4) is 0 Å². The summed E-state index contributed by atoms with van der Waals surface area (Å²) in [4.78, 5) is 20.0. The lowest BCUT2D eigenvalue weighted by molar-refractivity contribution is -2.00. The van der Waals surface area contributed by atoms with Crippen LogP contribution in [0.5, 0.6) is 0 Å². The van der Waals surface area contributed by atoms with Crippen molar-refractivity contribution in [2.45, 2.75) is 38.0 Å². The molecular weight excluding hydrogens is 466 g/mol. The van der Waals surface area contributed by atoms with Crippen LogP contribution >= 0.6 is 0 Å². The van der Waals surface area contributed by atoms with E-state index in [9.17, 15) is 15.3 Å². The Morgan fingerprint density at radius 2 is 1.94 bits per heavy atom. The molecule has 1 fully saturated rings. The number of amidine groups is 1. The van der Waals surface area contributed by atoms with Gasteiger partial charge in [-0.05, 0) is 4.98 Å². The highest BCUT2D eigenvalue weighted by Crippen LogP contribution is 2.36. The zero-order chi connectivity index (χ0) is 24.1. The Bertz CT molecular complexity index is 1110. The molecule has 0 bridgehead atoms. The Balaban J connectivity index is 0.000000471. The van der Waals surface area contributed by atoms with Crippen molar-refractivity contribution in [3.05, 3.63) is 29.6 Å². The van der Waals surface area contributed by atoms with Crippen LogP contribution in [0, 0.1) is 17.2 Å². The van der Waals surface area contributed by atoms with E-state index in [1.165, 1.54) is 6.33 Å². The molecule has 5 heterocycles. The van der Waals surface area contributed by atoms with Gasteiger partial charge in [0.2, 0.25) is 0 Å². The molecule has 4 atom stereocenters. The first-order valence-electron chi connectivity index (χ1n) is 9.55. The van der Waals surface area contributed by atoms with Crippen molar-refractivity contribution in [1.82, 2.24) is 19.4 Å². The number of aromatic nitrogens is 4. The lowest BCUT2D eigenvalue weighted by Gasteiger charge is -2.27. The second-order valence-electron chi connectivity index (χ2n) is 7.49. The van der Waals surface area contributed by atoms with Crippen LogP contribution in [0.2, 0.25) is 0 Å². The third-order valence-electron chi connectivity index (χ3n) is 5.33. The number of halogens is 1. The molecule has 0 saturated carbocycles. The van der Waals surface area contributed by atoms with E-state index in [1.54, 1.807) is 10.9 Å². The van der Waals surface area contributed by atoms with Gasteiger partial charge in [-0.1, -0.05) is 0 Å². The molecule has 3 N–H and O–H groups in total. The lowest BCUT2D eigenvalue weighted by Crippen LogP contribution is -2.68. The van der Waals surface area contributed by atoms with E-state index in [0.29, 0.717) is 29.7 Å². The van der Waals surface area contributed by atoms with E-state index in [1.807, 2.05) is 29.6 Å². The summed E-state index contributed by atoms with van der Waals surface area (Å²) >= 11 is 0. The molecule has 3 aliphatic heterocycles. The average Bonchev–Trinajstić information content (AvgIpc) is 3.28. The quantitative estimate of drug-likeness (QED) is 0.339. The van der Waals surface area contributed by atoms with Crippen molar-refractivity contribution in [2.24, 2.45) is 17.0 Å². The predicted molar refractivity (Wildman–Crippen MR) is 95.3 cm³/mol. The van der Waals surface area contributed by atoms with Gasteiger partial charge in [0.1, 0.15) is 24.5 Å². The van der Waals surface area contributed by atoms with E-state index in [-0.39, 0.29) is 0 Å². The Morgan fingerprint density at radius 3 is 2.58 bits per heavy atom. The molecule has 0 radical (unpaired) electrons. The molecule has 0 aromatic carbocycles. The summed E-state index contributed by atoms with van der Waals surface area (Å²) < 4.78 is 43.1. The predicted octanol–water partition coefficient (Wildman–Crippen LogP) is -6.17. The number of aryl methyl sites for hydroxylation is 2. The molecule has 0 spiro atoms. The maximum absolute atomic E-state index is 10.3. The number of aliphatic imine (C=N–C) groups is 2. The van der Waals surface area contributed by atoms with Gasteiger partial charge in [-0.2, -0.15) is 4.99 Å². The van der Waals surface area contributed by atoms with Gasteiger partial charge < -0.3 is 25.0 Å². The first kappa shape index (κ1) is 23.6. The standard InChI is InChI=1S/C17H20N7O4.ClHO4/c1-8-20-14-9(3-22(8)2)4-23-6-19-15-11(16(23)21-14)18-7-24(15)17-13(27)12(26)10(5-25)28-17;2-1(3,4)5/h3,6-7,10,12-13,17,25-27H,4-5H2,1-2H3;(H,2,3,4,5)/q+1;/p-1. The van der Waals surface area contributed by atoms with Gasteiger partial charge in [0.05, 0.1) is 38.4 Å². The van der Waals surface area contributed by atoms with Crippen LogP contribution in [0.15, 0.2) is 22.5 Å². The second kappa shape index (κ2) is 8.64. The van der Waals surface area contributed by atoms with Crippen molar-refractivity contribution >= 4 is 23.8 Å². The summed E-state index contributed by atoms with van der Waals surface area (Å²) in [7, 11) is -3.01. The van der Waals surface area contributed by atoms with E-state index >= 15 is 0 Å². The SMILES string of the molecule is Cc1nc2c(c[n+]1C)CN1C=Nc3c(ncn3C3OC(CO)C(O)C3O)C1=N2.[O-][Cl+3]([O-])([O-])[O-]. The molecule has 4 unspecified atom stereocenters. The van der Waals surface area contributed by atoms with E-state index in [0.717, 1.165) is 11.4 Å². The van der Waals surface area contributed by atoms with Crippen LogP contribution in [-0.2, 0) is 18.3 Å². The van der Waals surface area contributed by atoms with Gasteiger partial charge in [-0.15, -0.1) is 10.2 Å². The van der Waals surface area contributed by atoms with Gasteiger partial charge in [0.25, 0.3) is 11.6 Å². The summed E-state index contributed by atoms with van der Waals surface area (Å²) in [6.07, 6.45) is 0.985. The van der Waals surface area contributed by atoms with Crippen LogP contribution < -0.4 is 23.2 Å². The summed E-state index contributed by atoms with van der Waals surface area (Å²) in [6.45, 7) is 2.09. The Hall–Kier alpha value is -2.60. The highest BCUT2D eigenvalue weighted by molar-refractivity contribution is 6.10. The largest absolute Gasteiger partial charge is 0.394 e. The number of hydrogen-bond acceptors (Lipinski definition) is 13. The topological polar surface area (TPSA) is 225 Å². The maximum Gasteiger partial charge on any atom is 0.297 e. The molecule has 1 saturated heterocycles. The first-order valence-corrected chi connectivity index (χ1v) is 10.8. The Labute approximate surface area is 188 Å². The zero-order valence-electron chi connectivity index (χ0n) is 17.3. The zero-order valence-corrected chi connectivity index (χ0v) is 18.1. The van der Waals surface area contributed by atoms with Gasteiger partial charge in [0, 0.05) is 6.92 Å². The number of aliphatic hydroxyl groups excluding tert-OH is 3. The maximum atomic E-state index is 10.3. The molecule has 3 aliphatic rings. The molecular formula is C17H20ClN7O8. The number of rotatable bonds is 2. The van der Waals surface area contributed by atoms with Crippen LogP contribution in [0.1, 0.15) is 23.3 Å². The second-order valence-corrected chi connectivity index (χ2v) is 8.24. The average molecular weight is 486 g/mol. The summed E-state index contributed by atoms with van der Waals surface area (Å²) in [5.74, 6) is 2.57. The minimum Gasteiger partial charge on any atom is -0.394 e. The minimum absolute atomic E-state index is 0.394. The number of fused-ring (bicyclic) bond motifs is 4. The molecule has 2 aromatic rings. The van der Waals surface area contributed by atoms with E-state index in [2.05, 4.69) is 20.0 Å². The fourth-order valence-electron chi connectivity index (χ4n) is 3.67. The van der Waals surface area contributed by atoms with Gasteiger partial charge in [-0.3, -0.25) is 4.57 Å². The molecule has 16 heteroatoms. The number of hydrogen-bond donors (Lipinski definition) is 3.